The van der Waals surface area contributed by atoms with E-state index in [-0.39, 0.29) is 6.54 Å². The summed E-state index contributed by atoms with van der Waals surface area (Å²) in [5.74, 6) is -1.46. The van der Waals surface area contributed by atoms with Crippen molar-refractivity contribution in [2.45, 2.75) is 11.0 Å². The van der Waals surface area contributed by atoms with Crippen LogP contribution in [0.25, 0.3) is 0 Å². The number of ether oxygens (including phenoxy) is 1. The van der Waals surface area contributed by atoms with Crippen molar-refractivity contribution in [1.82, 2.24) is 5.32 Å². The number of carbonyl (C=O) groups excluding carboxylic acids is 2. The van der Waals surface area contributed by atoms with Crippen LogP contribution in [-0.2, 0) is 14.3 Å². The molecule has 0 aromatic heterocycles. The number of rotatable bonds is 6. The van der Waals surface area contributed by atoms with Gasteiger partial charge in [-0.05, 0) is 24.5 Å². The van der Waals surface area contributed by atoms with E-state index >= 15 is 0 Å². The second kappa shape index (κ2) is 9.46. The number of methoxy groups -OCH3 is 1. The van der Waals surface area contributed by atoms with Crippen molar-refractivity contribution in [3.05, 3.63) is 59.1 Å². The van der Waals surface area contributed by atoms with Gasteiger partial charge in [0, 0.05) is 29.1 Å². The molecule has 2 aromatic carbocycles. The topological polar surface area (TPSA) is 67.4 Å². The zero-order valence-electron chi connectivity index (χ0n) is 13.9. The molecule has 2 rings (SSSR count). The van der Waals surface area contributed by atoms with Crippen LogP contribution in [0.5, 0.6) is 0 Å². The highest BCUT2D eigenvalue weighted by atomic mass is 35.5. The molecule has 7 heteroatoms. The lowest BCUT2D eigenvalue weighted by Gasteiger charge is -2.17. The van der Waals surface area contributed by atoms with Crippen molar-refractivity contribution in [2.75, 3.05) is 25.2 Å². The van der Waals surface area contributed by atoms with Crippen molar-refractivity contribution in [3.63, 3.8) is 0 Å². The second-order valence-corrected chi connectivity index (χ2v) is 6.37. The third-order valence-electron chi connectivity index (χ3n) is 3.55. The Balaban J connectivity index is 1.97. The fraction of sp³-hybridized carbons (Fsp3) is 0.222. The first kappa shape index (κ1) is 19.3. The largest absolute Gasteiger partial charge is 0.375 e. The lowest BCUT2D eigenvalue weighted by atomic mass is 10.1. The highest BCUT2D eigenvalue weighted by Crippen LogP contribution is 2.25. The Hall–Kier alpha value is -2.02. The minimum atomic E-state index is -0.731. The van der Waals surface area contributed by atoms with E-state index in [1.165, 1.54) is 18.9 Å². The van der Waals surface area contributed by atoms with E-state index in [9.17, 15) is 9.59 Å². The molecule has 2 amide bonds. The average Bonchev–Trinajstić information content (AvgIpc) is 2.63. The van der Waals surface area contributed by atoms with Crippen LogP contribution < -0.4 is 10.6 Å². The van der Waals surface area contributed by atoms with Gasteiger partial charge < -0.3 is 15.4 Å². The summed E-state index contributed by atoms with van der Waals surface area (Å²) in [6.07, 6.45) is 1.46. The van der Waals surface area contributed by atoms with E-state index in [0.29, 0.717) is 10.7 Å². The molecule has 0 aliphatic carbocycles. The molecule has 1 atom stereocenters. The molecule has 0 saturated carbocycles. The predicted octanol–water partition coefficient (Wildman–Crippen LogP) is 3.50. The fourth-order valence-electron chi connectivity index (χ4n) is 2.25. The molecule has 1 unspecified atom stereocenters. The number of carbonyl (C=O) groups is 2. The minimum Gasteiger partial charge on any atom is -0.375 e. The normalized spacial score (nSPS) is 11.6. The number of nitrogens with one attached hydrogen (secondary N) is 2. The van der Waals surface area contributed by atoms with Crippen molar-refractivity contribution in [1.29, 1.82) is 0 Å². The summed E-state index contributed by atoms with van der Waals surface area (Å²) in [6.45, 7) is 0.136. The van der Waals surface area contributed by atoms with E-state index in [2.05, 4.69) is 10.6 Å². The van der Waals surface area contributed by atoms with Crippen LogP contribution >= 0.6 is 23.4 Å². The van der Waals surface area contributed by atoms with E-state index in [1.807, 2.05) is 36.6 Å². The zero-order chi connectivity index (χ0) is 18.2. The maximum atomic E-state index is 12.1. The lowest BCUT2D eigenvalue weighted by molar-refractivity contribution is -0.136. The molecule has 0 fully saturated rings. The molecule has 0 spiro atoms. The van der Waals surface area contributed by atoms with Gasteiger partial charge >= 0.3 is 11.8 Å². The Morgan fingerprint density at radius 1 is 1.12 bits per heavy atom. The molecule has 2 N–H and O–H groups in total. The number of hydrogen-bond donors (Lipinski definition) is 2. The molecule has 0 bridgehead atoms. The predicted molar refractivity (Wildman–Crippen MR) is 101 cm³/mol. The van der Waals surface area contributed by atoms with Gasteiger partial charge in [0.1, 0.15) is 6.10 Å². The van der Waals surface area contributed by atoms with Gasteiger partial charge in [-0.2, -0.15) is 0 Å². The van der Waals surface area contributed by atoms with Crippen LogP contribution in [0, 0.1) is 0 Å². The maximum absolute atomic E-state index is 12.1. The molecular weight excluding hydrogens is 360 g/mol. The molecule has 0 aliphatic heterocycles. The van der Waals surface area contributed by atoms with Crippen LogP contribution in [0.1, 0.15) is 11.7 Å². The summed E-state index contributed by atoms with van der Waals surface area (Å²) in [5.41, 5.74) is 1.35. The summed E-state index contributed by atoms with van der Waals surface area (Å²) in [7, 11) is 1.52. The third kappa shape index (κ3) is 5.22. The van der Waals surface area contributed by atoms with E-state index in [1.54, 1.807) is 18.2 Å². The monoisotopic (exact) mass is 378 g/mol. The smallest absolute Gasteiger partial charge is 0.313 e. The quantitative estimate of drug-likeness (QED) is 0.596. The molecule has 0 heterocycles. The number of thioether (sulfide) groups is 1. The lowest BCUT2D eigenvalue weighted by Crippen LogP contribution is -2.38. The molecule has 0 aliphatic rings. The molecule has 132 valence electrons. The molecular formula is C18H19ClN2O3S. The highest BCUT2D eigenvalue weighted by Gasteiger charge is 2.19. The number of hydrogen-bond acceptors (Lipinski definition) is 4. The van der Waals surface area contributed by atoms with Crippen molar-refractivity contribution in [2.24, 2.45) is 0 Å². The average molecular weight is 379 g/mol. The Kier molecular flexibility index (Phi) is 7.31. The van der Waals surface area contributed by atoms with Crippen LogP contribution in [-0.4, -0.2) is 31.7 Å². The number of para-hydroxylation sites is 1. The van der Waals surface area contributed by atoms with Gasteiger partial charge in [-0.25, -0.2) is 0 Å². The standard InChI is InChI=1S/C18H19ClN2O3S/c1-24-15(12-7-3-4-8-13(12)19)11-20-17(22)18(23)21-14-9-5-6-10-16(14)25-2/h3-10,15H,11H2,1-2H3,(H,20,22)(H,21,23). The number of amides is 2. The second-order valence-electron chi connectivity index (χ2n) is 5.11. The summed E-state index contributed by atoms with van der Waals surface area (Å²) >= 11 is 7.63. The van der Waals surface area contributed by atoms with E-state index in [0.717, 1.165) is 10.5 Å². The molecule has 0 saturated heterocycles. The molecule has 5 nitrogen and oxygen atoms in total. The highest BCUT2D eigenvalue weighted by molar-refractivity contribution is 7.98. The Bertz CT molecular complexity index is 755. The summed E-state index contributed by atoms with van der Waals surface area (Å²) in [6, 6.07) is 14.5. The Morgan fingerprint density at radius 3 is 2.48 bits per heavy atom. The Morgan fingerprint density at radius 2 is 1.80 bits per heavy atom. The number of anilines is 1. The van der Waals surface area contributed by atoms with Gasteiger partial charge in [0.05, 0.1) is 5.69 Å². The van der Waals surface area contributed by atoms with Gasteiger partial charge in [-0.3, -0.25) is 9.59 Å². The van der Waals surface area contributed by atoms with Gasteiger partial charge in [-0.1, -0.05) is 41.9 Å². The first-order chi connectivity index (χ1) is 12.1. The molecule has 2 aromatic rings. The number of benzene rings is 2. The van der Waals surface area contributed by atoms with Gasteiger partial charge in [0.2, 0.25) is 0 Å². The van der Waals surface area contributed by atoms with Gasteiger partial charge in [-0.15, -0.1) is 11.8 Å². The zero-order valence-corrected chi connectivity index (χ0v) is 15.5. The summed E-state index contributed by atoms with van der Waals surface area (Å²) in [4.78, 5) is 25.0. The number of halogens is 1. The van der Waals surface area contributed by atoms with Crippen LogP contribution in [0.2, 0.25) is 5.02 Å². The maximum Gasteiger partial charge on any atom is 0.313 e. The minimum absolute atomic E-state index is 0.136. The van der Waals surface area contributed by atoms with Crippen molar-refractivity contribution in [3.8, 4) is 0 Å². The summed E-state index contributed by atoms with van der Waals surface area (Å²) in [5, 5.41) is 5.73. The molecule has 0 radical (unpaired) electrons. The fourth-order valence-corrected chi connectivity index (χ4v) is 3.06. The van der Waals surface area contributed by atoms with E-state index < -0.39 is 17.9 Å². The molecule has 25 heavy (non-hydrogen) atoms. The summed E-state index contributed by atoms with van der Waals surface area (Å²) < 4.78 is 5.37. The first-order valence-electron chi connectivity index (χ1n) is 7.56. The first-order valence-corrected chi connectivity index (χ1v) is 9.16. The van der Waals surface area contributed by atoms with Crippen LogP contribution in [0.15, 0.2) is 53.4 Å². The third-order valence-corrected chi connectivity index (χ3v) is 4.69. The van der Waals surface area contributed by atoms with Gasteiger partial charge in [0.25, 0.3) is 0 Å². The van der Waals surface area contributed by atoms with Crippen molar-refractivity contribution >= 4 is 40.9 Å². The van der Waals surface area contributed by atoms with E-state index in [4.69, 9.17) is 16.3 Å². The van der Waals surface area contributed by atoms with Crippen molar-refractivity contribution < 1.29 is 14.3 Å². The van der Waals surface area contributed by atoms with Gasteiger partial charge in [0.15, 0.2) is 0 Å². The Labute approximate surface area is 156 Å². The van der Waals surface area contributed by atoms with Crippen LogP contribution in [0.4, 0.5) is 5.69 Å². The van der Waals surface area contributed by atoms with Crippen LogP contribution in [0.3, 0.4) is 0 Å². The SMILES string of the molecule is COC(CNC(=O)C(=O)Nc1ccccc1SC)c1ccccc1Cl.